The molecule has 0 aliphatic rings. The summed E-state index contributed by atoms with van der Waals surface area (Å²) in [6, 6.07) is 0.0806. The van der Waals surface area contributed by atoms with E-state index in [4.69, 9.17) is 0 Å². The molecular weight excluding hydrogens is 192 g/mol. The highest BCUT2D eigenvalue weighted by molar-refractivity contribution is 5.33. The Kier molecular flexibility index (Phi) is 8.55. The smallest absolute Gasteiger partial charge is 0.211 e. The molecule has 0 bridgehead atoms. The standard InChI is InChI=1S/C11H18N2O2/c1-10(2)11(13-9-15)6-4-3-5-7-12-8-14/h10-11H,3-7H2,1-2H3. The van der Waals surface area contributed by atoms with Gasteiger partial charge in [0.2, 0.25) is 12.2 Å². The van der Waals surface area contributed by atoms with E-state index in [-0.39, 0.29) is 6.04 Å². The van der Waals surface area contributed by atoms with Crippen LogP contribution in [0.25, 0.3) is 0 Å². The van der Waals surface area contributed by atoms with E-state index in [1.165, 1.54) is 6.08 Å². The Morgan fingerprint density at radius 3 is 2.33 bits per heavy atom. The van der Waals surface area contributed by atoms with Crippen molar-refractivity contribution in [2.24, 2.45) is 15.9 Å². The molecule has 0 aliphatic carbocycles. The first-order chi connectivity index (χ1) is 7.22. The molecule has 0 saturated carbocycles. The van der Waals surface area contributed by atoms with Crippen LogP contribution in [0.15, 0.2) is 9.98 Å². The average Bonchev–Trinajstić information content (AvgIpc) is 2.21. The Hall–Kier alpha value is -1.24. The number of aliphatic imine (C=N–C) groups is 2. The van der Waals surface area contributed by atoms with Gasteiger partial charge in [0.15, 0.2) is 0 Å². The van der Waals surface area contributed by atoms with Gasteiger partial charge in [0, 0.05) is 0 Å². The molecule has 0 aromatic rings. The fourth-order valence-corrected chi connectivity index (χ4v) is 1.38. The van der Waals surface area contributed by atoms with Crippen molar-refractivity contribution >= 4 is 12.2 Å². The van der Waals surface area contributed by atoms with Gasteiger partial charge in [-0.2, -0.15) is 0 Å². The van der Waals surface area contributed by atoms with Gasteiger partial charge in [-0.15, -0.1) is 0 Å². The van der Waals surface area contributed by atoms with Crippen LogP contribution in [0.5, 0.6) is 0 Å². The predicted octanol–water partition coefficient (Wildman–Crippen LogP) is 2.24. The zero-order chi connectivity index (χ0) is 11.5. The minimum Gasteiger partial charge on any atom is -0.211 e. The average molecular weight is 210 g/mol. The van der Waals surface area contributed by atoms with Crippen molar-refractivity contribution in [2.45, 2.75) is 45.6 Å². The molecule has 0 radical (unpaired) electrons. The van der Waals surface area contributed by atoms with Gasteiger partial charge in [-0.05, 0) is 18.8 Å². The molecule has 4 heteroatoms. The van der Waals surface area contributed by atoms with E-state index in [1.54, 1.807) is 6.08 Å². The molecular formula is C11H18N2O2. The lowest BCUT2D eigenvalue weighted by atomic mass is 9.98. The molecule has 84 valence electrons. The lowest BCUT2D eigenvalue weighted by molar-refractivity contribution is 0.441. The van der Waals surface area contributed by atoms with Gasteiger partial charge in [0.25, 0.3) is 0 Å². The van der Waals surface area contributed by atoms with Gasteiger partial charge in [-0.1, -0.05) is 26.7 Å². The Labute approximate surface area is 90.5 Å². The quantitative estimate of drug-likeness (QED) is 0.350. The first kappa shape index (κ1) is 13.8. The Balaban J connectivity index is 3.62. The van der Waals surface area contributed by atoms with E-state index in [0.717, 1.165) is 25.7 Å². The molecule has 1 unspecified atom stereocenters. The lowest BCUT2D eigenvalue weighted by Gasteiger charge is -2.13. The second-order valence-electron chi connectivity index (χ2n) is 3.85. The highest BCUT2D eigenvalue weighted by Crippen LogP contribution is 2.14. The van der Waals surface area contributed by atoms with Crippen LogP contribution in [0.3, 0.4) is 0 Å². The van der Waals surface area contributed by atoms with E-state index in [1.807, 2.05) is 13.8 Å². The molecule has 0 N–H and O–H groups in total. The molecule has 0 fully saturated rings. The number of rotatable bonds is 8. The summed E-state index contributed by atoms with van der Waals surface area (Å²) in [5.41, 5.74) is 0. The summed E-state index contributed by atoms with van der Waals surface area (Å²) in [4.78, 5) is 27.1. The number of unbranched alkanes of at least 4 members (excludes halogenated alkanes) is 2. The topological polar surface area (TPSA) is 58.9 Å². The van der Waals surface area contributed by atoms with Crippen molar-refractivity contribution in [3.63, 3.8) is 0 Å². The minimum atomic E-state index is 0.0806. The molecule has 4 nitrogen and oxygen atoms in total. The van der Waals surface area contributed by atoms with Crippen LogP contribution in [0.4, 0.5) is 0 Å². The van der Waals surface area contributed by atoms with Crippen molar-refractivity contribution in [3.05, 3.63) is 0 Å². The molecule has 15 heavy (non-hydrogen) atoms. The maximum absolute atomic E-state index is 10.1. The lowest BCUT2D eigenvalue weighted by Crippen LogP contribution is -2.12. The second-order valence-corrected chi connectivity index (χ2v) is 3.85. The number of carbonyl (C=O) groups excluding carboxylic acids is 2. The summed E-state index contributed by atoms with van der Waals surface area (Å²) < 4.78 is 0. The molecule has 0 aromatic heterocycles. The monoisotopic (exact) mass is 210 g/mol. The predicted molar refractivity (Wildman–Crippen MR) is 58.2 cm³/mol. The first-order valence-corrected chi connectivity index (χ1v) is 5.33. The summed E-state index contributed by atoms with van der Waals surface area (Å²) >= 11 is 0. The van der Waals surface area contributed by atoms with E-state index in [0.29, 0.717) is 12.5 Å². The SMILES string of the molecule is CC(C)C(CCCCCN=C=O)N=C=O. The molecule has 0 aliphatic heterocycles. The molecule has 0 spiro atoms. The number of hydrogen-bond acceptors (Lipinski definition) is 4. The zero-order valence-electron chi connectivity index (χ0n) is 9.40. The van der Waals surface area contributed by atoms with Crippen LogP contribution in [-0.2, 0) is 9.59 Å². The van der Waals surface area contributed by atoms with Gasteiger partial charge >= 0.3 is 0 Å². The van der Waals surface area contributed by atoms with Gasteiger partial charge in [-0.25, -0.2) is 19.6 Å². The van der Waals surface area contributed by atoms with Crippen LogP contribution in [0, 0.1) is 5.92 Å². The van der Waals surface area contributed by atoms with Crippen LogP contribution in [0.1, 0.15) is 39.5 Å². The fraction of sp³-hybridized carbons (Fsp3) is 0.818. The maximum atomic E-state index is 10.1. The third kappa shape index (κ3) is 7.80. The normalized spacial score (nSPS) is 11.7. The highest BCUT2D eigenvalue weighted by atomic mass is 16.1. The van der Waals surface area contributed by atoms with Gasteiger partial charge in [0.05, 0.1) is 12.6 Å². The second kappa shape index (κ2) is 9.32. The maximum Gasteiger partial charge on any atom is 0.235 e. The van der Waals surface area contributed by atoms with E-state index in [2.05, 4.69) is 9.98 Å². The van der Waals surface area contributed by atoms with Gasteiger partial charge in [-0.3, -0.25) is 0 Å². The molecule has 0 amide bonds. The summed E-state index contributed by atoms with van der Waals surface area (Å²) in [6.45, 7) is 4.64. The molecule has 0 heterocycles. The Morgan fingerprint density at radius 2 is 1.80 bits per heavy atom. The Bertz CT molecular complexity index is 251. The molecule has 0 aromatic carbocycles. The number of nitrogens with zero attached hydrogens (tertiary/aromatic N) is 2. The third-order valence-corrected chi connectivity index (χ3v) is 2.32. The third-order valence-electron chi connectivity index (χ3n) is 2.32. The summed E-state index contributed by atoms with van der Waals surface area (Å²) in [5.74, 6) is 0.374. The molecule has 0 saturated heterocycles. The largest absolute Gasteiger partial charge is 0.235 e. The summed E-state index contributed by atoms with van der Waals surface area (Å²) in [5, 5.41) is 0. The number of isocyanates is 2. The fourth-order valence-electron chi connectivity index (χ4n) is 1.38. The minimum absolute atomic E-state index is 0.0806. The molecule has 1 atom stereocenters. The van der Waals surface area contributed by atoms with E-state index < -0.39 is 0 Å². The molecule has 0 rings (SSSR count). The summed E-state index contributed by atoms with van der Waals surface area (Å²) in [6.07, 6.45) is 6.93. The first-order valence-electron chi connectivity index (χ1n) is 5.33. The van der Waals surface area contributed by atoms with Crippen molar-refractivity contribution in [3.8, 4) is 0 Å². The van der Waals surface area contributed by atoms with Crippen LogP contribution >= 0.6 is 0 Å². The van der Waals surface area contributed by atoms with E-state index in [9.17, 15) is 9.59 Å². The van der Waals surface area contributed by atoms with Gasteiger partial charge in [0.1, 0.15) is 0 Å². The number of hydrogen-bond donors (Lipinski definition) is 0. The van der Waals surface area contributed by atoms with Crippen molar-refractivity contribution in [2.75, 3.05) is 6.54 Å². The van der Waals surface area contributed by atoms with Gasteiger partial charge < -0.3 is 0 Å². The Morgan fingerprint density at radius 1 is 1.07 bits per heavy atom. The van der Waals surface area contributed by atoms with Crippen molar-refractivity contribution < 1.29 is 9.59 Å². The van der Waals surface area contributed by atoms with Crippen LogP contribution in [-0.4, -0.2) is 24.7 Å². The van der Waals surface area contributed by atoms with Crippen molar-refractivity contribution in [1.29, 1.82) is 0 Å². The van der Waals surface area contributed by atoms with Crippen molar-refractivity contribution in [1.82, 2.24) is 0 Å². The van der Waals surface area contributed by atoms with Crippen LogP contribution in [0.2, 0.25) is 0 Å². The zero-order valence-corrected chi connectivity index (χ0v) is 9.40. The summed E-state index contributed by atoms with van der Waals surface area (Å²) in [7, 11) is 0. The van der Waals surface area contributed by atoms with Crippen LogP contribution < -0.4 is 0 Å². The van der Waals surface area contributed by atoms with E-state index >= 15 is 0 Å². The highest BCUT2D eigenvalue weighted by Gasteiger charge is 2.10.